The Morgan fingerprint density at radius 3 is 2.62 bits per heavy atom. The number of hydrogen-bond acceptors (Lipinski definition) is 6. The van der Waals surface area contributed by atoms with Gasteiger partial charge in [-0.25, -0.2) is 4.68 Å². The van der Waals surface area contributed by atoms with Crippen molar-refractivity contribution in [2.75, 3.05) is 20.0 Å². The molecule has 112 valence electrons. The van der Waals surface area contributed by atoms with Crippen molar-refractivity contribution in [3.8, 4) is 11.5 Å². The Morgan fingerprint density at radius 1 is 1.38 bits per heavy atom. The molecule has 0 fully saturated rings. The zero-order chi connectivity index (χ0) is 15.6. The minimum Gasteiger partial charge on any atom is -0.497 e. The molecule has 0 saturated carbocycles. The van der Waals surface area contributed by atoms with Crippen molar-refractivity contribution in [1.82, 2.24) is 9.78 Å². The average Bonchev–Trinajstić information content (AvgIpc) is 2.87. The van der Waals surface area contributed by atoms with Gasteiger partial charge in [0.05, 0.1) is 25.2 Å². The summed E-state index contributed by atoms with van der Waals surface area (Å²) >= 11 is 0. The first-order valence-corrected chi connectivity index (χ1v) is 6.18. The lowest BCUT2D eigenvalue weighted by atomic mass is 10.1. The Hall–Kier alpha value is -2.77. The second-order valence-corrected chi connectivity index (χ2v) is 4.40. The first kappa shape index (κ1) is 14.6. The average molecular weight is 292 g/mol. The van der Waals surface area contributed by atoms with Crippen molar-refractivity contribution in [3.05, 3.63) is 40.1 Å². The molecule has 1 aromatic carbocycles. The van der Waals surface area contributed by atoms with Crippen LogP contribution in [-0.2, 0) is 0 Å². The largest absolute Gasteiger partial charge is 0.497 e. The van der Waals surface area contributed by atoms with E-state index in [1.807, 2.05) is 13.0 Å². The summed E-state index contributed by atoms with van der Waals surface area (Å²) in [6.45, 7) is 1.83. The quantitative estimate of drug-likeness (QED) is 0.667. The van der Waals surface area contributed by atoms with Crippen LogP contribution in [-0.4, -0.2) is 28.9 Å². The molecule has 0 spiro atoms. The van der Waals surface area contributed by atoms with Gasteiger partial charge in [-0.1, -0.05) is 0 Å². The van der Waals surface area contributed by atoms with Crippen molar-refractivity contribution in [1.29, 1.82) is 0 Å². The fourth-order valence-corrected chi connectivity index (χ4v) is 2.11. The van der Waals surface area contributed by atoms with Crippen molar-refractivity contribution >= 4 is 11.5 Å². The van der Waals surface area contributed by atoms with Gasteiger partial charge in [-0.2, -0.15) is 5.10 Å². The van der Waals surface area contributed by atoms with Gasteiger partial charge in [0.15, 0.2) is 0 Å². The third-order valence-corrected chi connectivity index (χ3v) is 3.27. The van der Waals surface area contributed by atoms with Crippen molar-refractivity contribution in [2.45, 2.75) is 13.0 Å². The highest BCUT2D eigenvalue weighted by Gasteiger charge is 2.23. The molecule has 0 aliphatic heterocycles. The third-order valence-electron chi connectivity index (χ3n) is 3.27. The van der Waals surface area contributed by atoms with Crippen LogP contribution in [0.5, 0.6) is 11.5 Å². The molecule has 2 N–H and O–H groups in total. The van der Waals surface area contributed by atoms with E-state index >= 15 is 0 Å². The summed E-state index contributed by atoms with van der Waals surface area (Å²) in [4.78, 5) is 10.3. The van der Waals surface area contributed by atoms with Crippen molar-refractivity contribution in [3.63, 3.8) is 0 Å². The van der Waals surface area contributed by atoms with Gasteiger partial charge in [-0.3, -0.25) is 10.1 Å². The summed E-state index contributed by atoms with van der Waals surface area (Å²) in [7, 11) is 3.10. The molecule has 0 bridgehead atoms. The minimum atomic E-state index is -0.559. The lowest BCUT2D eigenvalue weighted by Crippen LogP contribution is -2.13. The molecule has 8 heteroatoms. The summed E-state index contributed by atoms with van der Waals surface area (Å²) in [5.74, 6) is 1.26. The summed E-state index contributed by atoms with van der Waals surface area (Å²) in [6.07, 6.45) is 1.14. The summed E-state index contributed by atoms with van der Waals surface area (Å²) in [5.41, 5.74) is 6.36. The van der Waals surface area contributed by atoms with Crippen LogP contribution in [0.25, 0.3) is 0 Å². The van der Waals surface area contributed by atoms with Gasteiger partial charge < -0.3 is 15.2 Å². The number of nitro groups is 1. The molecular formula is C13H16N4O4. The van der Waals surface area contributed by atoms with Gasteiger partial charge in [0.25, 0.3) is 0 Å². The molecule has 1 aromatic heterocycles. The number of nitrogens with two attached hydrogens (primary N) is 1. The summed E-state index contributed by atoms with van der Waals surface area (Å²) in [5, 5.41) is 14.8. The zero-order valence-electron chi connectivity index (χ0n) is 11.9. The fraction of sp³-hybridized carbons (Fsp3) is 0.308. The van der Waals surface area contributed by atoms with Crippen LogP contribution in [0.1, 0.15) is 18.5 Å². The number of ether oxygens (including phenoxy) is 2. The smallest absolute Gasteiger partial charge is 0.330 e. The number of aromatic nitrogens is 2. The molecule has 21 heavy (non-hydrogen) atoms. The lowest BCUT2D eigenvalue weighted by molar-refractivity contribution is -0.384. The molecule has 8 nitrogen and oxygen atoms in total. The van der Waals surface area contributed by atoms with E-state index in [9.17, 15) is 10.1 Å². The number of methoxy groups -OCH3 is 2. The van der Waals surface area contributed by atoms with E-state index in [2.05, 4.69) is 5.10 Å². The van der Waals surface area contributed by atoms with Gasteiger partial charge >= 0.3 is 5.69 Å². The normalized spacial score (nSPS) is 12.0. The number of nitrogens with zero attached hydrogens (tertiary/aromatic N) is 3. The Morgan fingerprint density at radius 2 is 2.10 bits per heavy atom. The maximum Gasteiger partial charge on any atom is 0.330 e. The van der Waals surface area contributed by atoms with Gasteiger partial charge in [-0.05, 0) is 19.1 Å². The van der Waals surface area contributed by atoms with E-state index in [1.165, 1.54) is 4.68 Å². The van der Waals surface area contributed by atoms with Crippen LogP contribution in [0.2, 0.25) is 0 Å². The topological polar surface area (TPSA) is 105 Å². The maximum absolute atomic E-state index is 10.8. The van der Waals surface area contributed by atoms with Crippen LogP contribution < -0.4 is 15.2 Å². The molecule has 0 aliphatic carbocycles. The van der Waals surface area contributed by atoms with E-state index in [-0.39, 0.29) is 17.5 Å². The molecular weight excluding hydrogens is 276 g/mol. The Labute approximate surface area is 121 Å². The molecule has 0 radical (unpaired) electrons. The van der Waals surface area contributed by atoms with Gasteiger partial charge in [0.1, 0.15) is 17.7 Å². The van der Waals surface area contributed by atoms with Crippen LogP contribution in [0, 0.1) is 10.1 Å². The van der Waals surface area contributed by atoms with Crippen molar-refractivity contribution in [2.24, 2.45) is 0 Å². The van der Waals surface area contributed by atoms with Crippen molar-refractivity contribution < 1.29 is 14.4 Å². The zero-order valence-corrected chi connectivity index (χ0v) is 11.9. The predicted octanol–water partition coefficient (Wildman–Crippen LogP) is 2.00. The predicted molar refractivity (Wildman–Crippen MR) is 76.7 cm³/mol. The van der Waals surface area contributed by atoms with E-state index in [0.717, 1.165) is 11.8 Å². The number of nitrogen functional groups attached to an aromatic ring is 1. The standard InChI is InChI=1S/C13H16N4O4/c1-8(16-13(14)11(7-15-16)17(18)19)10-5-4-9(20-2)6-12(10)21-3/h4-8H,14H2,1-3H3. The molecule has 2 aromatic rings. The third kappa shape index (κ3) is 2.60. The Kier molecular flexibility index (Phi) is 3.97. The highest BCUT2D eigenvalue weighted by atomic mass is 16.6. The summed E-state index contributed by atoms with van der Waals surface area (Å²) in [6, 6.07) is 5.01. The number of anilines is 1. The number of hydrogen-bond donors (Lipinski definition) is 1. The number of rotatable bonds is 5. The highest BCUT2D eigenvalue weighted by molar-refractivity contribution is 5.53. The molecule has 1 heterocycles. The Balaban J connectivity index is 2.44. The van der Waals surface area contributed by atoms with E-state index in [0.29, 0.717) is 11.5 Å². The van der Waals surface area contributed by atoms with Crippen LogP contribution >= 0.6 is 0 Å². The summed E-state index contributed by atoms with van der Waals surface area (Å²) < 4.78 is 11.9. The van der Waals surface area contributed by atoms with Gasteiger partial charge in [0.2, 0.25) is 5.82 Å². The highest BCUT2D eigenvalue weighted by Crippen LogP contribution is 2.33. The van der Waals surface area contributed by atoms with E-state index in [4.69, 9.17) is 15.2 Å². The Bertz CT molecular complexity index is 668. The molecule has 0 saturated heterocycles. The van der Waals surface area contributed by atoms with Crippen LogP contribution in [0.4, 0.5) is 11.5 Å². The minimum absolute atomic E-state index is 0.00497. The van der Waals surface area contributed by atoms with Crippen LogP contribution in [0.15, 0.2) is 24.4 Å². The second kappa shape index (κ2) is 5.70. The van der Waals surface area contributed by atoms with E-state index < -0.39 is 4.92 Å². The molecule has 1 atom stereocenters. The van der Waals surface area contributed by atoms with Gasteiger partial charge in [-0.15, -0.1) is 0 Å². The SMILES string of the molecule is COc1ccc(C(C)n2ncc([N+](=O)[O-])c2N)c(OC)c1. The first-order valence-electron chi connectivity index (χ1n) is 6.18. The molecule has 0 amide bonds. The fourth-order valence-electron chi connectivity index (χ4n) is 2.11. The molecule has 2 rings (SSSR count). The first-order chi connectivity index (χ1) is 9.99. The van der Waals surface area contributed by atoms with Crippen LogP contribution in [0.3, 0.4) is 0 Å². The second-order valence-electron chi connectivity index (χ2n) is 4.40. The lowest BCUT2D eigenvalue weighted by Gasteiger charge is -2.17. The monoisotopic (exact) mass is 292 g/mol. The molecule has 0 aliphatic rings. The molecule has 1 unspecified atom stereocenters. The maximum atomic E-state index is 10.8. The number of benzene rings is 1. The van der Waals surface area contributed by atoms with Gasteiger partial charge in [0, 0.05) is 11.6 Å². The van der Waals surface area contributed by atoms with E-state index in [1.54, 1.807) is 26.4 Å².